The van der Waals surface area contributed by atoms with Gasteiger partial charge >= 0.3 is 5.97 Å². The first-order valence-electron chi connectivity index (χ1n) is 3.98. The lowest BCUT2D eigenvalue weighted by Gasteiger charge is -2.02. The van der Waals surface area contributed by atoms with E-state index in [4.69, 9.17) is 4.74 Å². The fourth-order valence-electron chi connectivity index (χ4n) is 1.07. The van der Waals surface area contributed by atoms with Crippen molar-refractivity contribution in [2.75, 3.05) is 14.2 Å². The van der Waals surface area contributed by atoms with E-state index in [1.807, 2.05) is 0 Å². The number of rotatable bonds is 3. The van der Waals surface area contributed by atoms with Gasteiger partial charge in [0.1, 0.15) is 0 Å². The molecular weight excluding hydrogens is 186 g/mol. The van der Waals surface area contributed by atoms with E-state index >= 15 is 0 Å². The van der Waals surface area contributed by atoms with Crippen LogP contribution in [0.5, 0.6) is 0 Å². The highest BCUT2D eigenvalue weighted by Gasteiger charge is 2.07. The highest BCUT2D eigenvalue weighted by Crippen LogP contribution is 2.01. The Labute approximate surface area is 80.7 Å². The normalized spacial score (nSPS) is 9.86. The molecule has 14 heavy (non-hydrogen) atoms. The van der Waals surface area contributed by atoms with Gasteiger partial charge in [0.05, 0.1) is 19.3 Å². The van der Waals surface area contributed by atoms with Gasteiger partial charge in [0.15, 0.2) is 0 Å². The predicted molar refractivity (Wildman–Crippen MR) is 49.1 cm³/mol. The van der Waals surface area contributed by atoms with Crippen molar-refractivity contribution in [1.29, 1.82) is 0 Å². The zero-order valence-corrected chi connectivity index (χ0v) is 7.99. The summed E-state index contributed by atoms with van der Waals surface area (Å²) >= 11 is 0. The number of aromatic nitrogens is 1. The Kier molecular flexibility index (Phi) is 3.41. The van der Waals surface area contributed by atoms with E-state index in [9.17, 15) is 9.59 Å². The molecule has 0 bridgehead atoms. The van der Waals surface area contributed by atoms with Gasteiger partial charge in [0.25, 0.3) is 0 Å². The van der Waals surface area contributed by atoms with Gasteiger partial charge in [-0.1, -0.05) is 0 Å². The fourth-order valence-corrected chi connectivity index (χ4v) is 1.07. The topological polar surface area (TPSA) is 68.4 Å². The van der Waals surface area contributed by atoms with E-state index in [1.54, 1.807) is 0 Å². The number of esters is 1. The molecule has 0 saturated heterocycles. The highest BCUT2D eigenvalue weighted by atomic mass is 16.5. The van der Waals surface area contributed by atoms with Crippen LogP contribution < -0.4 is 5.56 Å². The summed E-state index contributed by atoms with van der Waals surface area (Å²) < 4.78 is 9.32. The monoisotopic (exact) mass is 197 g/mol. The first-order chi connectivity index (χ1) is 6.67. The summed E-state index contributed by atoms with van der Waals surface area (Å²) in [6.45, 7) is 0.250. The number of H-pyrrole nitrogens is 1. The van der Waals surface area contributed by atoms with Gasteiger partial charge < -0.3 is 14.5 Å². The Balaban J connectivity index is 3.07. The number of carbonyl (C=O) groups is 1. The average molecular weight is 197 g/mol. The average Bonchev–Trinajstić information content (AvgIpc) is 2.16. The minimum absolute atomic E-state index is 0.225. The van der Waals surface area contributed by atoms with Crippen molar-refractivity contribution in [3.8, 4) is 0 Å². The first kappa shape index (κ1) is 10.5. The summed E-state index contributed by atoms with van der Waals surface area (Å²) in [5, 5.41) is 0. The van der Waals surface area contributed by atoms with E-state index in [2.05, 4.69) is 9.72 Å². The molecule has 1 aromatic rings. The van der Waals surface area contributed by atoms with Crippen LogP contribution in [0.1, 0.15) is 16.1 Å². The van der Waals surface area contributed by atoms with Crippen molar-refractivity contribution in [2.24, 2.45) is 0 Å². The molecule has 0 fully saturated rings. The summed E-state index contributed by atoms with van der Waals surface area (Å²) in [4.78, 5) is 24.7. The Morgan fingerprint density at radius 3 is 2.71 bits per heavy atom. The SMILES string of the molecule is COCc1cc(C(=O)OC)cc(=O)[nH]1. The largest absolute Gasteiger partial charge is 0.465 e. The molecule has 0 atom stereocenters. The maximum Gasteiger partial charge on any atom is 0.338 e. The third kappa shape index (κ3) is 2.43. The number of aromatic amines is 1. The maximum atomic E-state index is 11.1. The molecule has 0 radical (unpaired) electrons. The second kappa shape index (κ2) is 4.57. The van der Waals surface area contributed by atoms with Crippen LogP contribution in [0, 0.1) is 0 Å². The smallest absolute Gasteiger partial charge is 0.338 e. The van der Waals surface area contributed by atoms with Gasteiger partial charge in [-0.05, 0) is 6.07 Å². The molecule has 0 spiro atoms. The molecule has 0 aliphatic heterocycles. The van der Waals surface area contributed by atoms with E-state index < -0.39 is 5.97 Å². The van der Waals surface area contributed by atoms with E-state index in [0.717, 1.165) is 0 Å². The van der Waals surface area contributed by atoms with Gasteiger partial charge in [-0.25, -0.2) is 4.79 Å². The van der Waals surface area contributed by atoms with Crippen molar-refractivity contribution in [3.05, 3.63) is 33.7 Å². The fraction of sp³-hybridized carbons (Fsp3) is 0.333. The lowest BCUT2D eigenvalue weighted by molar-refractivity contribution is 0.0600. The lowest BCUT2D eigenvalue weighted by Crippen LogP contribution is -2.13. The lowest BCUT2D eigenvalue weighted by atomic mass is 10.2. The molecule has 0 aromatic carbocycles. The number of hydrogen-bond donors (Lipinski definition) is 1. The van der Waals surface area contributed by atoms with Crippen molar-refractivity contribution in [1.82, 2.24) is 4.98 Å². The number of methoxy groups -OCH3 is 2. The highest BCUT2D eigenvalue weighted by molar-refractivity contribution is 5.89. The van der Waals surface area contributed by atoms with Crippen LogP contribution in [-0.2, 0) is 16.1 Å². The number of ether oxygens (including phenoxy) is 2. The Morgan fingerprint density at radius 1 is 1.43 bits per heavy atom. The Hall–Kier alpha value is -1.62. The molecule has 1 aromatic heterocycles. The zero-order chi connectivity index (χ0) is 10.6. The molecule has 1 heterocycles. The van der Waals surface area contributed by atoms with Crippen LogP contribution in [0.4, 0.5) is 0 Å². The van der Waals surface area contributed by atoms with E-state index in [0.29, 0.717) is 5.69 Å². The molecule has 1 N–H and O–H groups in total. The number of nitrogens with one attached hydrogen (secondary N) is 1. The standard InChI is InChI=1S/C9H11NO4/c1-13-5-7-3-6(9(12)14-2)4-8(11)10-7/h3-4H,5H2,1-2H3,(H,10,11). The van der Waals surface area contributed by atoms with Gasteiger partial charge in [-0.15, -0.1) is 0 Å². The van der Waals surface area contributed by atoms with Crippen molar-refractivity contribution >= 4 is 5.97 Å². The summed E-state index contributed by atoms with van der Waals surface area (Å²) in [5.41, 5.74) is 0.420. The van der Waals surface area contributed by atoms with Gasteiger partial charge in [-0.3, -0.25) is 4.79 Å². The number of carbonyl (C=O) groups excluding carboxylic acids is 1. The van der Waals surface area contributed by atoms with Gasteiger partial charge in [0.2, 0.25) is 5.56 Å². The summed E-state index contributed by atoms with van der Waals surface area (Å²) in [6, 6.07) is 2.71. The molecule has 0 saturated carbocycles. The van der Waals surface area contributed by atoms with E-state index in [1.165, 1.54) is 26.4 Å². The Morgan fingerprint density at radius 2 is 2.14 bits per heavy atom. The van der Waals surface area contributed by atoms with E-state index in [-0.39, 0.29) is 17.7 Å². The van der Waals surface area contributed by atoms with Crippen LogP contribution in [0.2, 0.25) is 0 Å². The van der Waals surface area contributed by atoms with Crippen molar-refractivity contribution in [2.45, 2.75) is 6.61 Å². The third-order valence-corrected chi connectivity index (χ3v) is 1.62. The van der Waals surface area contributed by atoms with Crippen LogP contribution in [0.15, 0.2) is 16.9 Å². The second-order valence-corrected chi connectivity index (χ2v) is 2.68. The van der Waals surface area contributed by atoms with Crippen LogP contribution >= 0.6 is 0 Å². The predicted octanol–water partition coefficient (Wildman–Crippen LogP) is 0.308. The molecular formula is C9H11NO4. The molecule has 1 rings (SSSR count). The quantitative estimate of drug-likeness (QED) is 0.708. The summed E-state index contributed by atoms with van der Waals surface area (Å²) in [5.74, 6) is -0.534. The number of pyridine rings is 1. The number of hydrogen-bond acceptors (Lipinski definition) is 4. The van der Waals surface area contributed by atoms with Gasteiger partial charge in [0, 0.05) is 18.9 Å². The first-order valence-corrected chi connectivity index (χ1v) is 3.98. The van der Waals surface area contributed by atoms with Crippen molar-refractivity contribution < 1.29 is 14.3 Å². The minimum Gasteiger partial charge on any atom is -0.465 e. The second-order valence-electron chi connectivity index (χ2n) is 2.68. The summed E-state index contributed by atoms with van der Waals surface area (Å²) in [7, 11) is 2.77. The third-order valence-electron chi connectivity index (χ3n) is 1.62. The van der Waals surface area contributed by atoms with Crippen LogP contribution in [0.3, 0.4) is 0 Å². The molecule has 5 nitrogen and oxygen atoms in total. The van der Waals surface area contributed by atoms with Crippen LogP contribution in [-0.4, -0.2) is 25.2 Å². The summed E-state index contributed by atoms with van der Waals surface area (Å²) in [6.07, 6.45) is 0. The molecule has 5 heteroatoms. The zero-order valence-electron chi connectivity index (χ0n) is 7.99. The van der Waals surface area contributed by atoms with Gasteiger partial charge in [-0.2, -0.15) is 0 Å². The minimum atomic E-state index is -0.534. The molecule has 0 aliphatic carbocycles. The molecule has 76 valence electrons. The van der Waals surface area contributed by atoms with Crippen LogP contribution in [0.25, 0.3) is 0 Å². The van der Waals surface area contributed by atoms with Crippen molar-refractivity contribution in [3.63, 3.8) is 0 Å². The molecule has 0 unspecified atom stereocenters. The maximum absolute atomic E-state index is 11.1. The molecule has 0 aliphatic rings. The Bertz CT molecular complexity index is 383. The molecule has 0 amide bonds.